The number of hydrogen-bond acceptors (Lipinski definition) is 8. The maximum atomic E-state index is 13.5. The van der Waals surface area contributed by atoms with Gasteiger partial charge in [-0.15, -0.1) is 0 Å². The van der Waals surface area contributed by atoms with Crippen molar-refractivity contribution < 1.29 is 33.5 Å². The van der Waals surface area contributed by atoms with Gasteiger partial charge in [0.2, 0.25) is 0 Å². The molecule has 11 nitrogen and oxygen atoms in total. The number of carbonyl (C=O) groups is 3. The normalized spacial score (nSPS) is 21.4. The van der Waals surface area contributed by atoms with Crippen molar-refractivity contribution in [3.8, 4) is 11.5 Å². The molecule has 0 aliphatic carbocycles. The Labute approximate surface area is 194 Å². The average Bonchev–Trinajstić information content (AvgIpc) is 3.35. The fourth-order valence-electron chi connectivity index (χ4n) is 4.69. The van der Waals surface area contributed by atoms with Gasteiger partial charge in [0.25, 0.3) is 11.6 Å². The largest absolute Gasteiger partial charge is 0.493 e. The summed E-state index contributed by atoms with van der Waals surface area (Å²) < 4.78 is 15.4. The second kappa shape index (κ2) is 9.00. The molecule has 0 saturated carbocycles. The number of carbonyl (C=O) groups excluding carboxylic acids is 3. The van der Waals surface area contributed by atoms with Gasteiger partial charge in [0, 0.05) is 0 Å². The minimum atomic E-state index is -1.10. The summed E-state index contributed by atoms with van der Waals surface area (Å²) in [7, 11) is 3.90. The zero-order valence-corrected chi connectivity index (χ0v) is 18.8. The van der Waals surface area contributed by atoms with E-state index in [1.165, 1.54) is 38.4 Å². The molecule has 2 aromatic rings. The number of nitro benzene ring substituents is 1. The van der Waals surface area contributed by atoms with Crippen LogP contribution in [0.2, 0.25) is 0 Å². The van der Waals surface area contributed by atoms with Crippen molar-refractivity contribution in [3.05, 3.63) is 63.7 Å². The summed E-state index contributed by atoms with van der Waals surface area (Å²) in [6, 6.07) is 8.87. The Morgan fingerprint density at radius 1 is 1.09 bits per heavy atom. The number of nitrogens with zero attached hydrogens (tertiary/aromatic N) is 3. The number of amides is 3. The molecule has 4 rings (SSSR count). The van der Waals surface area contributed by atoms with E-state index in [4.69, 9.17) is 14.2 Å². The standard InChI is InChI=1S/C23H23N3O8/c1-32-18-10-14(16(26(30)31)11-19(18)33-2)20-15(22(28)34-3)9-17-21(27)24(23(29)25(17)20)12-13-7-5-4-6-8-13/h4-8,10-11,15,17,20H,9,12H2,1-3H3. The smallest absolute Gasteiger partial charge is 0.328 e. The number of methoxy groups -OCH3 is 3. The Morgan fingerprint density at radius 2 is 1.74 bits per heavy atom. The quantitative estimate of drug-likeness (QED) is 0.262. The summed E-state index contributed by atoms with van der Waals surface area (Å²) in [4.78, 5) is 53.0. The molecule has 2 heterocycles. The molecule has 11 heteroatoms. The van der Waals surface area contributed by atoms with E-state index in [0.717, 1.165) is 10.5 Å². The Balaban J connectivity index is 1.82. The zero-order valence-electron chi connectivity index (χ0n) is 18.8. The Bertz CT molecular complexity index is 1150. The topological polar surface area (TPSA) is 129 Å². The molecule has 0 spiro atoms. The van der Waals surface area contributed by atoms with Gasteiger partial charge < -0.3 is 19.1 Å². The van der Waals surface area contributed by atoms with Crippen LogP contribution in [0.3, 0.4) is 0 Å². The molecule has 0 radical (unpaired) electrons. The molecule has 178 valence electrons. The first-order valence-electron chi connectivity index (χ1n) is 10.5. The second-order valence-corrected chi connectivity index (χ2v) is 7.95. The van der Waals surface area contributed by atoms with Gasteiger partial charge in [-0.2, -0.15) is 0 Å². The Kier molecular flexibility index (Phi) is 6.10. The average molecular weight is 469 g/mol. The van der Waals surface area contributed by atoms with E-state index >= 15 is 0 Å². The van der Waals surface area contributed by atoms with E-state index in [0.29, 0.717) is 0 Å². The van der Waals surface area contributed by atoms with Crippen LogP contribution in [0.5, 0.6) is 11.5 Å². The van der Waals surface area contributed by atoms with Crippen molar-refractivity contribution >= 4 is 23.6 Å². The van der Waals surface area contributed by atoms with E-state index in [1.807, 2.05) is 6.07 Å². The molecule has 3 unspecified atom stereocenters. The number of esters is 1. The summed E-state index contributed by atoms with van der Waals surface area (Å²) in [6.07, 6.45) is -0.0152. The molecule has 2 aromatic carbocycles. The fraction of sp³-hybridized carbons (Fsp3) is 0.348. The van der Waals surface area contributed by atoms with Crippen molar-refractivity contribution in [2.24, 2.45) is 5.92 Å². The van der Waals surface area contributed by atoms with E-state index in [9.17, 15) is 24.5 Å². The van der Waals surface area contributed by atoms with Crippen LogP contribution < -0.4 is 9.47 Å². The first-order chi connectivity index (χ1) is 16.3. The highest BCUT2D eigenvalue weighted by atomic mass is 16.6. The van der Waals surface area contributed by atoms with E-state index in [2.05, 4.69) is 0 Å². The lowest BCUT2D eigenvalue weighted by atomic mass is 9.91. The van der Waals surface area contributed by atoms with Crippen molar-refractivity contribution in [3.63, 3.8) is 0 Å². The highest BCUT2D eigenvalue weighted by Crippen LogP contribution is 2.50. The van der Waals surface area contributed by atoms with Gasteiger partial charge >= 0.3 is 12.0 Å². The highest BCUT2D eigenvalue weighted by molar-refractivity contribution is 6.05. The zero-order chi connectivity index (χ0) is 24.6. The summed E-state index contributed by atoms with van der Waals surface area (Å²) in [5, 5.41) is 11.9. The van der Waals surface area contributed by atoms with Crippen LogP contribution >= 0.6 is 0 Å². The van der Waals surface area contributed by atoms with Gasteiger partial charge in [-0.3, -0.25) is 24.6 Å². The van der Waals surface area contributed by atoms with Crippen LogP contribution in [0.15, 0.2) is 42.5 Å². The molecular formula is C23H23N3O8. The SMILES string of the molecule is COC(=O)C1CC2C(=O)N(Cc3ccccc3)C(=O)N2C1c1cc(OC)c(OC)cc1[N+](=O)[O-]. The number of imide groups is 1. The number of nitro groups is 1. The molecule has 34 heavy (non-hydrogen) atoms. The molecule has 2 aliphatic rings. The Hall–Kier alpha value is -4.15. The van der Waals surface area contributed by atoms with Crippen LogP contribution in [-0.4, -0.2) is 60.0 Å². The lowest BCUT2D eigenvalue weighted by Gasteiger charge is -2.27. The molecule has 2 aliphatic heterocycles. The highest BCUT2D eigenvalue weighted by Gasteiger charge is 2.59. The lowest BCUT2D eigenvalue weighted by Crippen LogP contribution is -2.37. The van der Waals surface area contributed by atoms with Crippen LogP contribution in [0.4, 0.5) is 10.5 Å². The first kappa shape index (κ1) is 23.0. The molecule has 2 saturated heterocycles. The van der Waals surface area contributed by atoms with Gasteiger partial charge in [0.1, 0.15) is 6.04 Å². The van der Waals surface area contributed by atoms with Gasteiger partial charge in [0.15, 0.2) is 11.5 Å². The Morgan fingerprint density at radius 3 is 2.32 bits per heavy atom. The van der Waals surface area contributed by atoms with Crippen LogP contribution in [0, 0.1) is 16.0 Å². The van der Waals surface area contributed by atoms with Gasteiger partial charge in [0.05, 0.1) is 56.4 Å². The third kappa shape index (κ3) is 3.68. The van der Waals surface area contributed by atoms with Crippen molar-refractivity contribution in [1.82, 2.24) is 9.80 Å². The molecule has 2 fully saturated rings. The summed E-state index contributed by atoms with van der Waals surface area (Å²) in [5.41, 5.74) is 0.450. The third-order valence-electron chi connectivity index (χ3n) is 6.23. The van der Waals surface area contributed by atoms with E-state index < -0.39 is 40.8 Å². The summed E-state index contributed by atoms with van der Waals surface area (Å²) in [5.74, 6) is -1.79. The number of rotatable bonds is 7. The van der Waals surface area contributed by atoms with E-state index in [-0.39, 0.29) is 35.7 Å². The van der Waals surface area contributed by atoms with Crippen LogP contribution in [0.25, 0.3) is 0 Å². The summed E-state index contributed by atoms with van der Waals surface area (Å²) in [6.45, 7) is 0.0507. The minimum Gasteiger partial charge on any atom is -0.493 e. The third-order valence-corrected chi connectivity index (χ3v) is 6.23. The monoisotopic (exact) mass is 469 g/mol. The molecule has 0 N–H and O–H groups in total. The van der Waals surface area contributed by atoms with Crippen molar-refractivity contribution in [2.45, 2.75) is 25.0 Å². The van der Waals surface area contributed by atoms with Gasteiger partial charge in [-0.1, -0.05) is 30.3 Å². The summed E-state index contributed by atoms with van der Waals surface area (Å²) >= 11 is 0. The lowest BCUT2D eigenvalue weighted by molar-refractivity contribution is -0.386. The number of urea groups is 1. The number of fused-ring (bicyclic) bond motifs is 1. The van der Waals surface area contributed by atoms with Crippen LogP contribution in [-0.2, 0) is 20.9 Å². The van der Waals surface area contributed by atoms with Gasteiger partial charge in [-0.25, -0.2) is 4.79 Å². The fourth-order valence-corrected chi connectivity index (χ4v) is 4.69. The molecular weight excluding hydrogens is 446 g/mol. The predicted octanol–water partition coefficient (Wildman–Crippen LogP) is 2.68. The number of hydrogen-bond donors (Lipinski definition) is 0. The maximum absolute atomic E-state index is 13.5. The molecule has 3 amide bonds. The number of ether oxygens (including phenoxy) is 3. The minimum absolute atomic E-state index is 0.0152. The predicted molar refractivity (Wildman–Crippen MR) is 117 cm³/mol. The second-order valence-electron chi connectivity index (χ2n) is 7.95. The van der Waals surface area contributed by atoms with Crippen molar-refractivity contribution in [1.29, 1.82) is 0 Å². The van der Waals surface area contributed by atoms with E-state index in [1.54, 1.807) is 24.3 Å². The first-order valence-corrected chi connectivity index (χ1v) is 10.5. The molecule has 0 aromatic heterocycles. The maximum Gasteiger partial charge on any atom is 0.328 e. The number of benzene rings is 2. The van der Waals surface area contributed by atoms with Crippen molar-refractivity contribution in [2.75, 3.05) is 21.3 Å². The molecule has 3 atom stereocenters. The molecule has 0 bridgehead atoms. The van der Waals surface area contributed by atoms with Gasteiger partial charge in [-0.05, 0) is 18.1 Å². The van der Waals surface area contributed by atoms with Crippen LogP contribution in [0.1, 0.15) is 23.6 Å².